The van der Waals surface area contributed by atoms with Gasteiger partial charge in [0.25, 0.3) is 5.91 Å². The molecule has 0 unspecified atom stereocenters. The van der Waals surface area contributed by atoms with Crippen molar-refractivity contribution in [3.8, 4) is 5.75 Å². The summed E-state index contributed by atoms with van der Waals surface area (Å²) in [6, 6.07) is 12.7. The largest absolute Gasteiger partial charge is 0.497 e. The fourth-order valence-corrected chi connectivity index (χ4v) is 3.16. The van der Waals surface area contributed by atoms with E-state index in [0.717, 1.165) is 5.56 Å². The molecule has 2 aliphatic rings. The molecule has 26 heavy (non-hydrogen) atoms. The third-order valence-corrected chi connectivity index (χ3v) is 4.54. The first-order valence-electron chi connectivity index (χ1n) is 8.06. The van der Waals surface area contributed by atoms with E-state index in [1.54, 1.807) is 31.4 Å². The molecule has 132 valence electrons. The molecule has 0 radical (unpaired) electrons. The second kappa shape index (κ2) is 6.25. The normalized spacial score (nSPS) is 21.5. The Hall–Kier alpha value is -3.22. The van der Waals surface area contributed by atoms with Crippen LogP contribution in [0.5, 0.6) is 5.75 Å². The quantitative estimate of drug-likeness (QED) is 0.789. The van der Waals surface area contributed by atoms with E-state index < -0.39 is 17.9 Å². The lowest BCUT2D eigenvalue weighted by molar-refractivity contribution is -0.142. The van der Waals surface area contributed by atoms with Gasteiger partial charge < -0.3 is 9.57 Å². The molecule has 2 heterocycles. The first-order chi connectivity index (χ1) is 12.6. The molecule has 2 aromatic carbocycles. The molecule has 2 atom stereocenters. The molecule has 0 aromatic heterocycles. The van der Waals surface area contributed by atoms with E-state index in [1.165, 1.54) is 29.2 Å². The number of imide groups is 1. The molecular weight excluding hydrogens is 339 g/mol. The number of nitrogens with zero attached hydrogens (tertiary/aromatic N) is 2. The second-order valence-electron chi connectivity index (χ2n) is 6.10. The lowest BCUT2D eigenvalue weighted by atomic mass is 9.94. The summed E-state index contributed by atoms with van der Waals surface area (Å²) in [4.78, 5) is 31.8. The first kappa shape index (κ1) is 16.3. The first-order valence-corrected chi connectivity index (χ1v) is 8.06. The summed E-state index contributed by atoms with van der Waals surface area (Å²) in [5.41, 5.74) is 1.71. The van der Waals surface area contributed by atoms with Crippen LogP contribution in [0.2, 0.25) is 0 Å². The Morgan fingerprint density at radius 3 is 2.42 bits per heavy atom. The van der Waals surface area contributed by atoms with E-state index >= 15 is 0 Å². The number of rotatable bonds is 4. The van der Waals surface area contributed by atoms with Crippen molar-refractivity contribution in [2.24, 2.45) is 11.1 Å². The number of fused-ring (bicyclic) bond motifs is 1. The van der Waals surface area contributed by atoms with E-state index in [-0.39, 0.29) is 18.3 Å². The van der Waals surface area contributed by atoms with Crippen LogP contribution in [0.25, 0.3) is 0 Å². The van der Waals surface area contributed by atoms with Crippen molar-refractivity contribution in [3.05, 3.63) is 65.5 Å². The zero-order valence-electron chi connectivity index (χ0n) is 13.9. The second-order valence-corrected chi connectivity index (χ2v) is 6.10. The zero-order chi connectivity index (χ0) is 18.3. The highest BCUT2D eigenvalue weighted by Gasteiger charge is 2.55. The van der Waals surface area contributed by atoms with Crippen LogP contribution in [0, 0.1) is 11.7 Å². The van der Waals surface area contributed by atoms with E-state index in [4.69, 9.17) is 9.57 Å². The van der Waals surface area contributed by atoms with Gasteiger partial charge in [0, 0.05) is 5.56 Å². The van der Waals surface area contributed by atoms with Crippen LogP contribution in [-0.4, -0.2) is 35.6 Å². The summed E-state index contributed by atoms with van der Waals surface area (Å²) < 4.78 is 18.2. The number of oxime groups is 1. The molecular formula is C19H15FN2O4. The molecule has 0 N–H and O–H groups in total. The maximum absolute atomic E-state index is 13.1. The van der Waals surface area contributed by atoms with Gasteiger partial charge in [-0.15, -0.1) is 0 Å². The molecule has 4 rings (SSSR count). The van der Waals surface area contributed by atoms with Gasteiger partial charge in [-0.2, -0.15) is 0 Å². The van der Waals surface area contributed by atoms with Gasteiger partial charge in [-0.3, -0.25) is 14.5 Å². The predicted molar refractivity (Wildman–Crippen MR) is 89.9 cm³/mol. The van der Waals surface area contributed by atoms with Crippen molar-refractivity contribution in [3.63, 3.8) is 0 Å². The topological polar surface area (TPSA) is 68.2 Å². The number of ether oxygens (including phenoxy) is 1. The Morgan fingerprint density at radius 1 is 1.08 bits per heavy atom. The van der Waals surface area contributed by atoms with Crippen LogP contribution >= 0.6 is 0 Å². The van der Waals surface area contributed by atoms with Crippen LogP contribution < -0.4 is 4.74 Å². The minimum atomic E-state index is -0.958. The Balaban J connectivity index is 1.57. The summed E-state index contributed by atoms with van der Waals surface area (Å²) in [5.74, 6) is -1.28. The van der Waals surface area contributed by atoms with Gasteiger partial charge in [0.15, 0.2) is 0 Å². The summed E-state index contributed by atoms with van der Waals surface area (Å²) in [6.07, 6.45) is -0.958. The van der Waals surface area contributed by atoms with Crippen LogP contribution in [0.1, 0.15) is 11.1 Å². The predicted octanol–water partition coefficient (Wildman–Crippen LogP) is 2.12. The van der Waals surface area contributed by atoms with Crippen LogP contribution in [0.4, 0.5) is 4.39 Å². The number of carbonyl (C=O) groups excluding carboxylic acids is 2. The van der Waals surface area contributed by atoms with Crippen LogP contribution in [0.3, 0.4) is 0 Å². The SMILES string of the molecule is COc1ccc(CN2C(=O)[C@@H]3C(c4ccc(F)cc4)=NO[C@@H]3C2=O)cc1. The van der Waals surface area contributed by atoms with Crippen LogP contribution in [0.15, 0.2) is 53.7 Å². The molecule has 7 heteroatoms. The fraction of sp³-hybridized carbons (Fsp3) is 0.211. The van der Waals surface area contributed by atoms with E-state index in [9.17, 15) is 14.0 Å². The number of carbonyl (C=O) groups is 2. The highest BCUT2D eigenvalue weighted by molar-refractivity contribution is 6.23. The summed E-state index contributed by atoms with van der Waals surface area (Å²) in [6.45, 7) is 0.148. The third kappa shape index (κ3) is 2.61. The molecule has 1 fully saturated rings. The van der Waals surface area contributed by atoms with Crippen molar-refractivity contribution in [1.29, 1.82) is 0 Å². The maximum atomic E-state index is 13.1. The fourth-order valence-electron chi connectivity index (χ4n) is 3.16. The third-order valence-electron chi connectivity index (χ3n) is 4.54. The molecule has 0 aliphatic carbocycles. The minimum absolute atomic E-state index is 0.148. The molecule has 0 spiro atoms. The summed E-state index contributed by atoms with van der Waals surface area (Å²) in [5, 5.41) is 3.89. The molecule has 2 amide bonds. The molecule has 0 saturated carbocycles. The van der Waals surface area contributed by atoms with Crippen molar-refractivity contribution in [2.45, 2.75) is 12.6 Å². The van der Waals surface area contributed by atoms with Gasteiger partial charge in [0.05, 0.1) is 13.7 Å². The standard InChI is InChI=1S/C19H15FN2O4/c1-25-14-8-2-11(3-9-14)10-22-18(23)15-16(21-26-17(15)19(22)24)12-4-6-13(20)7-5-12/h2-9,15,17H,10H2,1H3/t15-,17+/m1/s1. The monoisotopic (exact) mass is 354 g/mol. The number of likely N-dealkylation sites (tertiary alicyclic amines) is 1. The van der Waals surface area contributed by atoms with Gasteiger partial charge in [0.1, 0.15) is 23.2 Å². The van der Waals surface area contributed by atoms with E-state index in [2.05, 4.69) is 5.16 Å². The number of hydrogen-bond acceptors (Lipinski definition) is 5. The molecule has 0 bridgehead atoms. The lowest BCUT2D eigenvalue weighted by Crippen LogP contribution is -2.32. The Morgan fingerprint density at radius 2 is 1.77 bits per heavy atom. The minimum Gasteiger partial charge on any atom is -0.497 e. The smallest absolute Gasteiger partial charge is 0.274 e. The van der Waals surface area contributed by atoms with Crippen molar-refractivity contribution in [1.82, 2.24) is 4.90 Å². The van der Waals surface area contributed by atoms with Crippen molar-refractivity contribution >= 4 is 17.5 Å². The number of amides is 2. The summed E-state index contributed by atoms with van der Waals surface area (Å²) >= 11 is 0. The van der Waals surface area contributed by atoms with Crippen LogP contribution in [-0.2, 0) is 21.0 Å². The highest BCUT2D eigenvalue weighted by Crippen LogP contribution is 2.33. The molecule has 1 saturated heterocycles. The van der Waals surface area contributed by atoms with E-state index in [1.807, 2.05) is 0 Å². The number of hydrogen-bond donors (Lipinski definition) is 0. The maximum Gasteiger partial charge on any atom is 0.274 e. The molecule has 2 aromatic rings. The van der Waals surface area contributed by atoms with Gasteiger partial charge in [-0.1, -0.05) is 29.4 Å². The lowest BCUT2D eigenvalue weighted by Gasteiger charge is -2.15. The summed E-state index contributed by atoms with van der Waals surface area (Å²) in [7, 11) is 1.57. The number of halogens is 1. The van der Waals surface area contributed by atoms with Gasteiger partial charge in [-0.25, -0.2) is 4.39 Å². The highest BCUT2D eigenvalue weighted by atomic mass is 19.1. The average Bonchev–Trinajstić information content (AvgIpc) is 3.19. The Kier molecular flexibility index (Phi) is 3.91. The van der Waals surface area contributed by atoms with Crippen molar-refractivity contribution < 1.29 is 23.6 Å². The van der Waals surface area contributed by atoms with E-state index in [0.29, 0.717) is 17.0 Å². The zero-order valence-corrected chi connectivity index (χ0v) is 13.9. The van der Waals surface area contributed by atoms with Gasteiger partial charge in [-0.05, 0) is 29.8 Å². The molecule has 6 nitrogen and oxygen atoms in total. The van der Waals surface area contributed by atoms with Gasteiger partial charge >= 0.3 is 0 Å². The number of methoxy groups -OCH3 is 1. The average molecular weight is 354 g/mol. The van der Waals surface area contributed by atoms with Gasteiger partial charge in [0.2, 0.25) is 12.0 Å². The Labute approximate surface area is 148 Å². The molecule has 2 aliphatic heterocycles. The number of benzene rings is 2. The Bertz CT molecular complexity index is 893. The van der Waals surface area contributed by atoms with Crippen molar-refractivity contribution in [2.75, 3.05) is 7.11 Å².